The monoisotopic (exact) mass is 286 g/mol. The maximum atomic E-state index is 9.21. The topological polar surface area (TPSA) is 36.3 Å². The zero-order valence-corrected chi connectivity index (χ0v) is 12.2. The zero-order chi connectivity index (χ0) is 14.5. The van der Waals surface area contributed by atoms with E-state index in [2.05, 4.69) is 6.07 Å². The van der Waals surface area contributed by atoms with Crippen LogP contribution in [0.25, 0.3) is 0 Å². The molecule has 4 heteroatoms. The summed E-state index contributed by atoms with van der Waals surface area (Å²) in [6, 6.07) is 15.3. The average Bonchev–Trinajstić information content (AvgIpc) is 2.48. The van der Waals surface area contributed by atoms with Gasteiger partial charge < -0.3 is 9.64 Å². The lowest BCUT2D eigenvalue weighted by atomic mass is 10.1. The van der Waals surface area contributed by atoms with Crippen molar-refractivity contribution in [2.24, 2.45) is 0 Å². The summed E-state index contributed by atoms with van der Waals surface area (Å²) in [6.07, 6.45) is 0. The molecule has 102 valence electrons. The first-order valence-corrected chi connectivity index (χ1v) is 6.56. The number of nitriles is 1. The van der Waals surface area contributed by atoms with E-state index in [4.69, 9.17) is 16.3 Å². The fourth-order valence-electron chi connectivity index (χ4n) is 2.02. The van der Waals surface area contributed by atoms with Crippen LogP contribution >= 0.6 is 11.6 Å². The van der Waals surface area contributed by atoms with Crippen molar-refractivity contribution in [3.63, 3.8) is 0 Å². The molecule has 0 unspecified atom stereocenters. The maximum absolute atomic E-state index is 9.21. The lowest BCUT2D eigenvalue weighted by Gasteiger charge is -2.21. The molecule has 0 bridgehead atoms. The van der Waals surface area contributed by atoms with Crippen LogP contribution in [-0.4, -0.2) is 14.2 Å². The molecule has 0 atom stereocenters. The van der Waals surface area contributed by atoms with Crippen molar-refractivity contribution in [2.45, 2.75) is 6.54 Å². The Morgan fingerprint density at radius 1 is 1.25 bits per heavy atom. The highest BCUT2D eigenvalue weighted by molar-refractivity contribution is 6.31. The van der Waals surface area contributed by atoms with Crippen LogP contribution in [0.1, 0.15) is 11.1 Å². The fraction of sp³-hybridized carbons (Fsp3) is 0.188. The Labute approximate surface area is 124 Å². The van der Waals surface area contributed by atoms with Gasteiger partial charge >= 0.3 is 0 Å². The SMILES string of the molecule is COc1ccc(C#N)c(N(C)Cc2ccccc2Cl)c1. The molecule has 0 aliphatic carbocycles. The standard InChI is InChI=1S/C16H15ClN2O/c1-19(11-13-5-3-4-6-15(13)17)16-9-14(20-2)8-7-12(16)10-18/h3-9H,11H2,1-2H3. The molecule has 0 spiro atoms. The summed E-state index contributed by atoms with van der Waals surface area (Å²) >= 11 is 6.17. The summed E-state index contributed by atoms with van der Waals surface area (Å²) in [5, 5.41) is 9.93. The first-order valence-electron chi connectivity index (χ1n) is 6.18. The molecule has 0 aliphatic heterocycles. The van der Waals surface area contributed by atoms with Crippen LogP contribution in [-0.2, 0) is 6.54 Å². The van der Waals surface area contributed by atoms with Gasteiger partial charge in [-0.25, -0.2) is 0 Å². The Kier molecular flexibility index (Phi) is 4.49. The summed E-state index contributed by atoms with van der Waals surface area (Å²) < 4.78 is 5.22. The largest absolute Gasteiger partial charge is 0.497 e. The van der Waals surface area contributed by atoms with Crippen molar-refractivity contribution >= 4 is 17.3 Å². The lowest BCUT2D eigenvalue weighted by molar-refractivity contribution is 0.415. The third-order valence-corrected chi connectivity index (χ3v) is 3.47. The molecule has 2 aromatic carbocycles. The molecule has 20 heavy (non-hydrogen) atoms. The first-order chi connectivity index (χ1) is 9.65. The van der Waals surface area contributed by atoms with E-state index in [0.717, 1.165) is 22.0 Å². The van der Waals surface area contributed by atoms with Gasteiger partial charge in [0.2, 0.25) is 0 Å². The van der Waals surface area contributed by atoms with Crippen LogP contribution in [0.2, 0.25) is 5.02 Å². The van der Waals surface area contributed by atoms with Crippen LogP contribution in [0.3, 0.4) is 0 Å². The maximum Gasteiger partial charge on any atom is 0.121 e. The van der Waals surface area contributed by atoms with Gasteiger partial charge in [-0.15, -0.1) is 0 Å². The summed E-state index contributed by atoms with van der Waals surface area (Å²) in [7, 11) is 3.54. The number of benzene rings is 2. The minimum atomic E-state index is 0.611. The highest BCUT2D eigenvalue weighted by Gasteiger charge is 2.11. The molecule has 0 saturated carbocycles. The van der Waals surface area contributed by atoms with E-state index in [1.165, 1.54) is 0 Å². The Hall–Kier alpha value is -2.18. The Balaban J connectivity index is 2.31. The first kappa shape index (κ1) is 14.2. The Bertz CT molecular complexity index is 649. The van der Waals surface area contributed by atoms with Gasteiger partial charge in [-0.1, -0.05) is 29.8 Å². The van der Waals surface area contributed by atoms with E-state index in [1.807, 2.05) is 42.3 Å². The van der Waals surface area contributed by atoms with Gasteiger partial charge in [-0.3, -0.25) is 0 Å². The summed E-state index contributed by atoms with van der Waals surface area (Å²) in [6.45, 7) is 0.627. The molecular weight excluding hydrogens is 272 g/mol. The number of anilines is 1. The van der Waals surface area contributed by atoms with Gasteiger partial charge in [0.15, 0.2) is 0 Å². The van der Waals surface area contributed by atoms with Crippen LogP contribution in [0, 0.1) is 11.3 Å². The van der Waals surface area contributed by atoms with Crippen molar-refractivity contribution in [3.05, 3.63) is 58.6 Å². The van der Waals surface area contributed by atoms with Gasteiger partial charge in [0.05, 0.1) is 18.4 Å². The van der Waals surface area contributed by atoms with Crippen LogP contribution < -0.4 is 9.64 Å². The molecule has 2 rings (SSSR count). The molecule has 0 amide bonds. The predicted molar refractivity (Wildman–Crippen MR) is 81.3 cm³/mol. The van der Waals surface area contributed by atoms with Crippen molar-refractivity contribution in [1.29, 1.82) is 5.26 Å². The van der Waals surface area contributed by atoms with Crippen molar-refractivity contribution in [3.8, 4) is 11.8 Å². The lowest BCUT2D eigenvalue weighted by Crippen LogP contribution is -2.17. The fourth-order valence-corrected chi connectivity index (χ4v) is 2.21. The van der Waals surface area contributed by atoms with Crippen LogP contribution in [0.4, 0.5) is 5.69 Å². The zero-order valence-electron chi connectivity index (χ0n) is 11.4. The van der Waals surface area contributed by atoms with Gasteiger partial charge in [-0.2, -0.15) is 5.26 Å². The molecule has 0 heterocycles. The number of hydrogen-bond donors (Lipinski definition) is 0. The van der Waals surface area contributed by atoms with Crippen molar-refractivity contribution in [2.75, 3.05) is 19.1 Å². The molecule has 0 aliphatic rings. The second-order valence-electron chi connectivity index (χ2n) is 4.44. The number of nitrogens with zero attached hydrogens (tertiary/aromatic N) is 2. The molecule has 0 saturated heterocycles. The Morgan fingerprint density at radius 3 is 2.65 bits per heavy atom. The minimum absolute atomic E-state index is 0.611. The van der Waals surface area contributed by atoms with E-state index in [1.54, 1.807) is 19.2 Å². The van der Waals surface area contributed by atoms with Gasteiger partial charge in [0.1, 0.15) is 11.8 Å². The molecule has 0 aromatic heterocycles. The number of halogens is 1. The highest BCUT2D eigenvalue weighted by atomic mass is 35.5. The number of ether oxygens (including phenoxy) is 1. The van der Waals surface area contributed by atoms with Crippen molar-refractivity contribution in [1.82, 2.24) is 0 Å². The van der Waals surface area contributed by atoms with E-state index in [9.17, 15) is 5.26 Å². The van der Waals surface area contributed by atoms with Gasteiger partial charge in [0, 0.05) is 24.7 Å². The summed E-state index contributed by atoms with van der Waals surface area (Å²) in [4.78, 5) is 1.99. The van der Waals surface area contributed by atoms with Crippen LogP contribution in [0.5, 0.6) is 5.75 Å². The summed E-state index contributed by atoms with van der Waals surface area (Å²) in [5.41, 5.74) is 2.45. The third-order valence-electron chi connectivity index (χ3n) is 3.10. The molecule has 0 radical (unpaired) electrons. The molecule has 0 fully saturated rings. The smallest absolute Gasteiger partial charge is 0.121 e. The van der Waals surface area contributed by atoms with Crippen LogP contribution in [0.15, 0.2) is 42.5 Å². The molecular formula is C16H15ClN2O. The van der Waals surface area contributed by atoms with E-state index >= 15 is 0 Å². The number of methoxy groups -OCH3 is 1. The predicted octanol–water partition coefficient (Wildman–Crippen LogP) is 3.86. The van der Waals surface area contributed by atoms with Gasteiger partial charge in [-0.05, 0) is 23.8 Å². The minimum Gasteiger partial charge on any atom is -0.497 e. The number of hydrogen-bond acceptors (Lipinski definition) is 3. The molecule has 3 nitrogen and oxygen atoms in total. The van der Waals surface area contributed by atoms with E-state index < -0.39 is 0 Å². The third kappa shape index (κ3) is 3.04. The van der Waals surface area contributed by atoms with Gasteiger partial charge in [0.25, 0.3) is 0 Å². The van der Waals surface area contributed by atoms with E-state index in [-0.39, 0.29) is 0 Å². The second-order valence-corrected chi connectivity index (χ2v) is 4.85. The van der Waals surface area contributed by atoms with Crippen molar-refractivity contribution < 1.29 is 4.74 Å². The quantitative estimate of drug-likeness (QED) is 0.856. The van der Waals surface area contributed by atoms with E-state index in [0.29, 0.717) is 12.1 Å². The summed E-state index contributed by atoms with van der Waals surface area (Å²) in [5.74, 6) is 0.727. The molecule has 2 aromatic rings. The average molecular weight is 287 g/mol. The number of rotatable bonds is 4. The second kappa shape index (κ2) is 6.31. The normalized spacial score (nSPS) is 9.90. The highest BCUT2D eigenvalue weighted by Crippen LogP contribution is 2.27. The molecule has 0 N–H and O–H groups in total. The Morgan fingerprint density at radius 2 is 2.00 bits per heavy atom.